The molecular formula is C22H11ClO2. The molecule has 0 aliphatic carbocycles. The minimum absolute atomic E-state index is 0.702. The van der Waals surface area contributed by atoms with Gasteiger partial charge in [0.15, 0.2) is 0 Å². The molecule has 0 atom stereocenters. The zero-order valence-corrected chi connectivity index (χ0v) is 13.8. The molecule has 0 amide bonds. The van der Waals surface area contributed by atoms with Crippen LogP contribution in [0.5, 0.6) is 0 Å². The van der Waals surface area contributed by atoms with Gasteiger partial charge in [-0.3, -0.25) is 0 Å². The van der Waals surface area contributed by atoms with Gasteiger partial charge in [0.05, 0.1) is 5.02 Å². The van der Waals surface area contributed by atoms with Gasteiger partial charge in [-0.2, -0.15) is 0 Å². The predicted octanol–water partition coefficient (Wildman–Crippen LogP) is 7.29. The summed E-state index contributed by atoms with van der Waals surface area (Å²) in [7, 11) is 0. The van der Waals surface area contributed by atoms with Gasteiger partial charge in [-0.1, -0.05) is 48.0 Å². The molecule has 0 unspecified atom stereocenters. The Morgan fingerprint density at radius 1 is 0.520 bits per heavy atom. The van der Waals surface area contributed by atoms with Crippen LogP contribution in [-0.4, -0.2) is 0 Å². The fourth-order valence-corrected chi connectivity index (χ4v) is 4.16. The summed E-state index contributed by atoms with van der Waals surface area (Å²) < 4.78 is 12.1. The minimum atomic E-state index is 0.702. The highest BCUT2D eigenvalue weighted by Gasteiger charge is 2.17. The molecule has 118 valence electrons. The monoisotopic (exact) mass is 342 g/mol. The Balaban J connectivity index is 2.03. The van der Waals surface area contributed by atoms with Crippen LogP contribution in [0.2, 0.25) is 5.02 Å². The molecule has 0 aliphatic heterocycles. The number of rotatable bonds is 0. The van der Waals surface area contributed by atoms with E-state index in [1.165, 1.54) is 0 Å². The molecule has 0 bridgehead atoms. The van der Waals surface area contributed by atoms with Crippen molar-refractivity contribution in [2.45, 2.75) is 0 Å². The third kappa shape index (κ3) is 1.65. The van der Waals surface area contributed by atoms with E-state index in [0.29, 0.717) is 5.02 Å². The van der Waals surface area contributed by atoms with Gasteiger partial charge in [0.1, 0.15) is 22.3 Å². The van der Waals surface area contributed by atoms with E-state index in [4.69, 9.17) is 20.4 Å². The first-order valence-corrected chi connectivity index (χ1v) is 8.53. The van der Waals surface area contributed by atoms with Gasteiger partial charge in [-0.05, 0) is 35.7 Å². The largest absolute Gasteiger partial charge is 0.456 e. The molecule has 6 aromatic rings. The maximum atomic E-state index is 6.54. The molecule has 3 heteroatoms. The summed E-state index contributed by atoms with van der Waals surface area (Å²) in [5.41, 5.74) is 3.41. The molecule has 0 fully saturated rings. The van der Waals surface area contributed by atoms with Crippen molar-refractivity contribution in [3.63, 3.8) is 0 Å². The molecule has 0 N–H and O–H groups in total. The summed E-state index contributed by atoms with van der Waals surface area (Å²) in [5, 5.41) is 7.21. The van der Waals surface area contributed by atoms with Gasteiger partial charge in [0.25, 0.3) is 0 Å². The van der Waals surface area contributed by atoms with Crippen molar-refractivity contribution in [1.82, 2.24) is 0 Å². The Labute approximate surface area is 147 Å². The lowest BCUT2D eigenvalue weighted by molar-refractivity contribution is 0.669. The third-order valence-electron chi connectivity index (χ3n) is 4.93. The minimum Gasteiger partial charge on any atom is -0.456 e. The topological polar surface area (TPSA) is 26.3 Å². The number of halogens is 1. The molecular weight excluding hydrogens is 332 g/mol. The van der Waals surface area contributed by atoms with Crippen molar-refractivity contribution in [2.75, 3.05) is 0 Å². The normalized spacial score (nSPS) is 12.2. The van der Waals surface area contributed by atoms with E-state index in [9.17, 15) is 0 Å². The van der Waals surface area contributed by atoms with Crippen LogP contribution >= 0.6 is 11.6 Å². The molecule has 2 aromatic heterocycles. The van der Waals surface area contributed by atoms with Gasteiger partial charge in [0, 0.05) is 26.9 Å². The lowest BCUT2D eigenvalue weighted by atomic mass is 9.99. The Morgan fingerprint density at radius 2 is 1.20 bits per heavy atom. The van der Waals surface area contributed by atoms with Crippen molar-refractivity contribution in [3.8, 4) is 0 Å². The second-order valence-corrected chi connectivity index (χ2v) is 6.70. The van der Waals surface area contributed by atoms with E-state index in [-0.39, 0.29) is 0 Å². The first-order chi connectivity index (χ1) is 12.3. The van der Waals surface area contributed by atoms with Crippen molar-refractivity contribution in [3.05, 3.63) is 71.8 Å². The van der Waals surface area contributed by atoms with Crippen LogP contribution < -0.4 is 0 Å². The smallest absolute Gasteiger partial charge is 0.136 e. The standard InChI is InChI=1S/C22H11ClO2/c23-14-5-3-7-16-21(14)22-18(25-16)11-9-12-8-10-17-20(19(12)22)13-4-1-2-6-15(13)24-17/h1-11H. The van der Waals surface area contributed by atoms with Crippen LogP contribution in [0.1, 0.15) is 0 Å². The highest BCUT2D eigenvalue weighted by Crippen LogP contribution is 2.43. The molecule has 2 nitrogen and oxygen atoms in total. The second-order valence-electron chi connectivity index (χ2n) is 6.29. The highest BCUT2D eigenvalue weighted by atomic mass is 35.5. The van der Waals surface area contributed by atoms with Crippen LogP contribution in [-0.2, 0) is 0 Å². The maximum Gasteiger partial charge on any atom is 0.136 e. The summed E-state index contributed by atoms with van der Waals surface area (Å²) in [5.74, 6) is 0. The van der Waals surface area contributed by atoms with Gasteiger partial charge in [-0.25, -0.2) is 0 Å². The molecule has 2 heterocycles. The van der Waals surface area contributed by atoms with E-state index in [1.54, 1.807) is 0 Å². The Bertz CT molecular complexity index is 1450. The predicted molar refractivity (Wildman–Crippen MR) is 104 cm³/mol. The first kappa shape index (κ1) is 13.3. The van der Waals surface area contributed by atoms with Crippen LogP contribution in [0, 0.1) is 0 Å². The molecule has 0 spiro atoms. The van der Waals surface area contributed by atoms with E-state index in [0.717, 1.165) is 54.6 Å². The lowest BCUT2D eigenvalue weighted by Gasteiger charge is -2.02. The number of fused-ring (bicyclic) bond motifs is 9. The van der Waals surface area contributed by atoms with Gasteiger partial charge in [-0.15, -0.1) is 0 Å². The van der Waals surface area contributed by atoms with Crippen LogP contribution in [0.25, 0.3) is 54.6 Å². The average molecular weight is 343 g/mol. The molecule has 0 aliphatic rings. The lowest BCUT2D eigenvalue weighted by Crippen LogP contribution is -1.77. The van der Waals surface area contributed by atoms with E-state index >= 15 is 0 Å². The van der Waals surface area contributed by atoms with Crippen LogP contribution in [0.3, 0.4) is 0 Å². The summed E-state index contributed by atoms with van der Waals surface area (Å²) >= 11 is 6.54. The van der Waals surface area contributed by atoms with Crippen molar-refractivity contribution in [1.29, 1.82) is 0 Å². The Kier molecular flexibility index (Phi) is 2.43. The Morgan fingerprint density at radius 3 is 2.08 bits per heavy atom. The summed E-state index contributed by atoms with van der Waals surface area (Å²) in [4.78, 5) is 0. The van der Waals surface area contributed by atoms with Crippen LogP contribution in [0.4, 0.5) is 0 Å². The molecule has 0 saturated heterocycles. The summed E-state index contributed by atoms with van der Waals surface area (Å²) in [6.07, 6.45) is 0. The number of furan rings is 2. The fourth-order valence-electron chi connectivity index (χ4n) is 3.90. The number of hydrogen-bond acceptors (Lipinski definition) is 2. The molecule has 0 saturated carbocycles. The number of benzene rings is 4. The number of hydrogen-bond donors (Lipinski definition) is 0. The molecule has 25 heavy (non-hydrogen) atoms. The van der Waals surface area contributed by atoms with Gasteiger partial charge in [0.2, 0.25) is 0 Å². The molecule has 0 radical (unpaired) electrons. The maximum absolute atomic E-state index is 6.54. The molecule has 4 aromatic carbocycles. The van der Waals surface area contributed by atoms with E-state index < -0.39 is 0 Å². The first-order valence-electron chi connectivity index (χ1n) is 8.15. The quantitative estimate of drug-likeness (QED) is 0.289. The molecule has 6 rings (SSSR count). The summed E-state index contributed by atoms with van der Waals surface area (Å²) in [6, 6.07) is 22.2. The summed E-state index contributed by atoms with van der Waals surface area (Å²) in [6.45, 7) is 0. The van der Waals surface area contributed by atoms with E-state index in [2.05, 4.69) is 18.2 Å². The third-order valence-corrected chi connectivity index (χ3v) is 5.25. The van der Waals surface area contributed by atoms with Gasteiger partial charge < -0.3 is 8.83 Å². The highest BCUT2D eigenvalue weighted by molar-refractivity contribution is 6.40. The van der Waals surface area contributed by atoms with Crippen molar-refractivity contribution >= 4 is 66.3 Å². The van der Waals surface area contributed by atoms with Crippen LogP contribution in [0.15, 0.2) is 75.6 Å². The second kappa shape index (κ2) is 4.56. The SMILES string of the molecule is Clc1cccc2oc3ccc4ccc5oc6ccccc6c5c4c3c12. The zero-order chi connectivity index (χ0) is 16.5. The number of para-hydroxylation sites is 1. The van der Waals surface area contributed by atoms with Gasteiger partial charge >= 0.3 is 0 Å². The van der Waals surface area contributed by atoms with Crippen molar-refractivity contribution in [2.24, 2.45) is 0 Å². The average Bonchev–Trinajstić information content (AvgIpc) is 3.20. The zero-order valence-electron chi connectivity index (χ0n) is 13.0. The van der Waals surface area contributed by atoms with Crippen molar-refractivity contribution < 1.29 is 8.83 Å². The van der Waals surface area contributed by atoms with E-state index in [1.807, 2.05) is 48.5 Å². The Hall–Kier alpha value is -2.97. The fraction of sp³-hybridized carbons (Fsp3) is 0.